The first-order chi connectivity index (χ1) is 10.6. The molecule has 0 spiro atoms. The van der Waals surface area contributed by atoms with Gasteiger partial charge in [0, 0.05) is 18.6 Å². The number of hydrogen-bond acceptors (Lipinski definition) is 6. The smallest absolute Gasteiger partial charge is 0.359 e. The zero-order chi connectivity index (χ0) is 15.9. The fraction of sp³-hybridized carbons (Fsp3) is 0.214. The summed E-state index contributed by atoms with van der Waals surface area (Å²) in [5.74, 6) is -0.864. The van der Waals surface area contributed by atoms with Crippen molar-refractivity contribution in [3.05, 3.63) is 47.6 Å². The van der Waals surface area contributed by atoms with Crippen molar-refractivity contribution >= 4 is 29.3 Å². The summed E-state index contributed by atoms with van der Waals surface area (Å²) in [4.78, 5) is 35.5. The molecule has 1 atom stereocenters. The van der Waals surface area contributed by atoms with Crippen LogP contribution in [0.2, 0.25) is 5.02 Å². The molecule has 2 rings (SSSR count). The minimum Gasteiger partial charge on any atom is -0.447 e. The summed E-state index contributed by atoms with van der Waals surface area (Å²) in [7, 11) is 0. The van der Waals surface area contributed by atoms with E-state index in [1.54, 1.807) is 19.1 Å². The SMILES string of the molecule is CCC(OC(=O)c1cnccn1)C(=O)Nc1ccc(Cl)cn1. The van der Waals surface area contributed by atoms with Crippen LogP contribution in [-0.2, 0) is 9.53 Å². The first-order valence-electron chi connectivity index (χ1n) is 6.49. The second-order valence-corrected chi connectivity index (χ2v) is 4.68. The first-order valence-corrected chi connectivity index (χ1v) is 6.87. The third-order valence-corrected chi connectivity index (χ3v) is 2.89. The fourth-order valence-electron chi connectivity index (χ4n) is 1.57. The van der Waals surface area contributed by atoms with Crippen molar-refractivity contribution in [2.24, 2.45) is 0 Å². The summed E-state index contributed by atoms with van der Waals surface area (Å²) in [6.07, 6.45) is 4.84. The van der Waals surface area contributed by atoms with E-state index in [4.69, 9.17) is 16.3 Å². The summed E-state index contributed by atoms with van der Waals surface area (Å²) in [6.45, 7) is 1.73. The van der Waals surface area contributed by atoms with Crippen LogP contribution in [0.3, 0.4) is 0 Å². The van der Waals surface area contributed by atoms with Crippen LogP contribution >= 0.6 is 11.6 Å². The number of carbonyl (C=O) groups excluding carboxylic acids is 2. The molecular formula is C14H13ClN4O3. The van der Waals surface area contributed by atoms with Crippen LogP contribution in [-0.4, -0.2) is 32.9 Å². The highest BCUT2D eigenvalue weighted by Gasteiger charge is 2.23. The van der Waals surface area contributed by atoms with Crippen LogP contribution in [0.5, 0.6) is 0 Å². The van der Waals surface area contributed by atoms with E-state index in [-0.39, 0.29) is 5.69 Å². The number of nitrogens with zero attached hydrogens (tertiary/aromatic N) is 3. The topological polar surface area (TPSA) is 94.1 Å². The Labute approximate surface area is 131 Å². The second kappa shape index (κ2) is 7.46. The molecule has 7 nitrogen and oxygen atoms in total. The van der Waals surface area contributed by atoms with Gasteiger partial charge in [0.25, 0.3) is 5.91 Å². The van der Waals surface area contributed by atoms with Crippen molar-refractivity contribution in [1.82, 2.24) is 15.0 Å². The molecule has 8 heteroatoms. The third-order valence-electron chi connectivity index (χ3n) is 2.66. The molecule has 0 aromatic carbocycles. The number of anilines is 1. The maximum absolute atomic E-state index is 12.1. The Bertz CT molecular complexity index is 649. The molecule has 0 saturated heterocycles. The lowest BCUT2D eigenvalue weighted by Crippen LogP contribution is -2.32. The highest BCUT2D eigenvalue weighted by Crippen LogP contribution is 2.11. The highest BCUT2D eigenvalue weighted by molar-refractivity contribution is 6.30. The Balaban J connectivity index is 2.00. The molecule has 1 N–H and O–H groups in total. The monoisotopic (exact) mass is 320 g/mol. The quantitative estimate of drug-likeness (QED) is 0.848. The third kappa shape index (κ3) is 4.23. The molecular weight excluding hydrogens is 308 g/mol. The lowest BCUT2D eigenvalue weighted by atomic mass is 10.2. The van der Waals surface area contributed by atoms with E-state index in [1.807, 2.05) is 0 Å². The number of carbonyl (C=O) groups is 2. The average molecular weight is 321 g/mol. The number of aromatic nitrogens is 3. The molecule has 0 aliphatic carbocycles. The summed E-state index contributed by atoms with van der Waals surface area (Å²) in [5, 5.41) is 3.01. The highest BCUT2D eigenvalue weighted by atomic mass is 35.5. The van der Waals surface area contributed by atoms with Gasteiger partial charge in [-0.3, -0.25) is 9.78 Å². The Morgan fingerprint density at radius 3 is 2.68 bits per heavy atom. The molecule has 2 aromatic rings. The second-order valence-electron chi connectivity index (χ2n) is 4.24. The van der Waals surface area contributed by atoms with Crippen molar-refractivity contribution in [3.8, 4) is 0 Å². The van der Waals surface area contributed by atoms with E-state index in [0.29, 0.717) is 17.3 Å². The Morgan fingerprint density at radius 2 is 2.09 bits per heavy atom. The normalized spacial score (nSPS) is 11.5. The number of nitrogens with one attached hydrogen (secondary N) is 1. The van der Waals surface area contributed by atoms with Gasteiger partial charge in [0.2, 0.25) is 0 Å². The van der Waals surface area contributed by atoms with Crippen LogP contribution in [0.4, 0.5) is 5.82 Å². The van der Waals surface area contributed by atoms with Gasteiger partial charge in [0.15, 0.2) is 11.8 Å². The van der Waals surface area contributed by atoms with Gasteiger partial charge in [-0.25, -0.2) is 14.8 Å². The van der Waals surface area contributed by atoms with Crippen molar-refractivity contribution < 1.29 is 14.3 Å². The van der Waals surface area contributed by atoms with Gasteiger partial charge in [-0.05, 0) is 18.6 Å². The molecule has 0 aliphatic rings. The largest absolute Gasteiger partial charge is 0.447 e. The molecule has 2 aromatic heterocycles. The summed E-state index contributed by atoms with van der Waals surface area (Å²) in [6, 6.07) is 3.15. The van der Waals surface area contributed by atoms with Crippen LogP contribution in [0.25, 0.3) is 0 Å². The van der Waals surface area contributed by atoms with Crippen molar-refractivity contribution in [1.29, 1.82) is 0 Å². The van der Waals surface area contributed by atoms with Gasteiger partial charge >= 0.3 is 5.97 Å². The van der Waals surface area contributed by atoms with Gasteiger partial charge in [-0.15, -0.1) is 0 Å². The van der Waals surface area contributed by atoms with Gasteiger partial charge in [-0.1, -0.05) is 18.5 Å². The predicted octanol–water partition coefficient (Wildman–Crippen LogP) is 2.10. The number of ether oxygens (including phenoxy) is 1. The Morgan fingerprint density at radius 1 is 1.27 bits per heavy atom. The summed E-state index contributed by atoms with van der Waals surface area (Å²) < 4.78 is 5.14. The van der Waals surface area contributed by atoms with Gasteiger partial charge < -0.3 is 10.1 Å². The summed E-state index contributed by atoms with van der Waals surface area (Å²) >= 11 is 5.72. The molecule has 0 saturated carbocycles. The fourth-order valence-corrected chi connectivity index (χ4v) is 1.68. The van der Waals surface area contributed by atoms with E-state index in [1.165, 1.54) is 24.8 Å². The zero-order valence-corrected chi connectivity index (χ0v) is 12.4. The molecule has 1 unspecified atom stereocenters. The molecule has 0 fully saturated rings. The lowest BCUT2D eigenvalue weighted by molar-refractivity contribution is -0.124. The van der Waals surface area contributed by atoms with Crippen LogP contribution in [0.1, 0.15) is 23.8 Å². The molecule has 114 valence electrons. The molecule has 1 amide bonds. The number of halogens is 1. The number of pyridine rings is 1. The summed E-state index contributed by atoms with van der Waals surface area (Å²) in [5.41, 5.74) is 0.0402. The number of hydrogen-bond donors (Lipinski definition) is 1. The standard InChI is InChI=1S/C14H13ClN4O3/c1-2-11(22-14(21)10-8-16-5-6-17-10)13(20)19-12-4-3-9(15)7-18-12/h3-8,11H,2H2,1H3,(H,18,19,20). The van der Waals surface area contributed by atoms with Crippen LogP contribution in [0.15, 0.2) is 36.9 Å². The van der Waals surface area contributed by atoms with E-state index < -0.39 is 18.0 Å². The first kappa shape index (κ1) is 15.8. The zero-order valence-electron chi connectivity index (χ0n) is 11.7. The van der Waals surface area contributed by atoms with Crippen molar-refractivity contribution in [3.63, 3.8) is 0 Å². The number of esters is 1. The maximum Gasteiger partial charge on any atom is 0.359 e. The van der Waals surface area contributed by atoms with Crippen LogP contribution < -0.4 is 5.32 Å². The number of rotatable bonds is 5. The average Bonchev–Trinajstić information content (AvgIpc) is 2.55. The van der Waals surface area contributed by atoms with Gasteiger partial charge in [0.05, 0.1) is 11.2 Å². The van der Waals surface area contributed by atoms with Gasteiger partial charge in [0.1, 0.15) is 5.82 Å². The van der Waals surface area contributed by atoms with E-state index in [2.05, 4.69) is 20.3 Å². The minimum atomic E-state index is -0.952. The molecule has 0 aliphatic heterocycles. The molecule has 22 heavy (non-hydrogen) atoms. The predicted molar refractivity (Wildman–Crippen MR) is 79.4 cm³/mol. The van der Waals surface area contributed by atoms with E-state index in [0.717, 1.165) is 0 Å². The van der Waals surface area contributed by atoms with Crippen molar-refractivity contribution in [2.45, 2.75) is 19.4 Å². The number of amides is 1. The molecule has 2 heterocycles. The van der Waals surface area contributed by atoms with E-state index >= 15 is 0 Å². The minimum absolute atomic E-state index is 0.0402. The maximum atomic E-state index is 12.1. The van der Waals surface area contributed by atoms with Crippen LogP contribution in [0, 0.1) is 0 Å². The molecule has 0 radical (unpaired) electrons. The van der Waals surface area contributed by atoms with Gasteiger partial charge in [-0.2, -0.15) is 0 Å². The Hall–Kier alpha value is -2.54. The van der Waals surface area contributed by atoms with Crippen molar-refractivity contribution in [2.75, 3.05) is 5.32 Å². The lowest BCUT2D eigenvalue weighted by Gasteiger charge is -2.15. The molecule has 0 bridgehead atoms. The van der Waals surface area contributed by atoms with E-state index in [9.17, 15) is 9.59 Å². The Kier molecular flexibility index (Phi) is 5.37.